The Balaban J connectivity index is 1.65. The van der Waals surface area contributed by atoms with Gasteiger partial charge in [0.2, 0.25) is 11.8 Å². The van der Waals surface area contributed by atoms with E-state index in [9.17, 15) is 9.59 Å². The van der Waals surface area contributed by atoms with Crippen molar-refractivity contribution < 1.29 is 9.59 Å². The molecule has 1 aliphatic carbocycles. The largest absolute Gasteiger partial charge is 0.284 e. The highest BCUT2D eigenvalue weighted by Gasteiger charge is 2.48. The topological polar surface area (TPSA) is 40.6 Å². The third-order valence-corrected chi connectivity index (χ3v) is 4.89. The predicted molar refractivity (Wildman–Crippen MR) is 85.1 cm³/mol. The second kappa shape index (κ2) is 6.39. The van der Waals surface area contributed by atoms with Crippen molar-refractivity contribution in [1.29, 1.82) is 0 Å². The molecule has 0 aromatic heterocycles. The number of benzene rings is 1. The summed E-state index contributed by atoms with van der Waals surface area (Å²) in [6, 6.07) is 7.65. The van der Waals surface area contributed by atoms with Crippen molar-refractivity contribution in [1.82, 2.24) is 9.80 Å². The number of hydrogen-bond donors (Lipinski definition) is 0. The third kappa shape index (κ3) is 3.03. The summed E-state index contributed by atoms with van der Waals surface area (Å²) in [5, 5.41) is 0.699. The van der Waals surface area contributed by atoms with Gasteiger partial charge in [-0.25, -0.2) is 0 Å². The van der Waals surface area contributed by atoms with Crippen molar-refractivity contribution in [2.24, 2.45) is 11.8 Å². The average Bonchev–Trinajstić information content (AvgIpc) is 2.73. The number of rotatable bonds is 4. The van der Waals surface area contributed by atoms with Gasteiger partial charge in [0, 0.05) is 11.6 Å². The van der Waals surface area contributed by atoms with E-state index in [1.54, 1.807) is 0 Å². The Bertz CT molecular complexity index is 566. The summed E-state index contributed by atoms with van der Waals surface area (Å²) in [5.74, 6) is -0.0954. The van der Waals surface area contributed by atoms with Gasteiger partial charge < -0.3 is 0 Å². The first-order valence-corrected chi connectivity index (χ1v) is 8.22. The molecule has 0 radical (unpaired) electrons. The van der Waals surface area contributed by atoms with E-state index >= 15 is 0 Å². The van der Waals surface area contributed by atoms with E-state index in [2.05, 4.69) is 0 Å². The quantitative estimate of drug-likeness (QED) is 0.801. The van der Waals surface area contributed by atoms with Gasteiger partial charge in [-0.1, -0.05) is 36.6 Å². The Morgan fingerprint density at radius 2 is 1.82 bits per heavy atom. The number of halogens is 1. The molecule has 4 nitrogen and oxygen atoms in total. The van der Waals surface area contributed by atoms with E-state index in [1.807, 2.05) is 36.2 Å². The van der Waals surface area contributed by atoms with E-state index in [1.165, 1.54) is 4.90 Å². The standard InChI is InChI=1S/C17H21ClN2O2/c1-19(10-12-5-4-6-13(18)9-12)11-20-16(21)14-7-2-3-8-15(14)17(20)22/h4-6,9,14-15H,2-3,7-8,10-11H2,1H3/t14-,15+. The highest BCUT2D eigenvalue weighted by molar-refractivity contribution is 6.30. The fraction of sp³-hybridized carbons (Fsp3) is 0.529. The van der Waals surface area contributed by atoms with Gasteiger partial charge in [-0.3, -0.25) is 19.4 Å². The lowest BCUT2D eigenvalue weighted by atomic mass is 9.81. The number of nitrogens with zero attached hydrogens (tertiary/aromatic N) is 2. The first kappa shape index (κ1) is 15.5. The maximum atomic E-state index is 12.4. The van der Waals surface area contributed by atoms with Gasteiger partial charge in [0.25, 0.3) is 0 Å². The summed E-state index contributed by atoms with van der Waals surface area (Å²) in [7, 11) is 1.92. The molecule has 2 aliphatic rings. The Labute approximate surface area is 136 Å². The Morgan fingerprint density at radius 1 is 1.18 bits per heavy atom. The predicted octanol–water partition coefficient (Wildman–Crippen LogP) is 2.90. The monoisotopic (exact) mass is 320 g/mol. The molecule has 2 atom stereocenters. The molecule has 5 heteroatoms. The Morgan fingerprint density at radius 3 is 2.41 bits per heavy atom. The number of imide groups is 1. The van der Waals surface area contributed by atoms with Gasteiger partial charge in [0.05, 0.1) is 18.5 Å². The van der Waals surface area contributed by atoms with Crippen molar-refractivity contribution in [3.8, 4) is 0 Å². The van der Waals surface area contributed by atoms with Crippen LogP contribution in [-0.2, 0) is 16.1 Å². The van der Waals surface area contributed by atoms with Crippen LogP contribution in [0, 0.1) is 11.8 Å². The van der Waals surface area contributed by atoms with E-state index in [0.717, 1.165) is 31.2 Å². The van der Waals surface area contributed by atoms with Crippen LogP contribution in [0.4, 0.5) is 0 Å². The zero-order valence-corrected chi connectivity index (χ0v) is 13.6. The maximum Gasteiger partial charge on any atom is 0.234 e. The van der Waals surface area contributed by atoms with Gasteiger partial charge in [-0.05, 0) is 37.6 Å². The third-order valence-electron chi connectivity index (χ3n) is 4.66. The highest BCUT2D eigenvalue weighted by Crippen LogP contribution is 2.37. The van der Waals surface area contributed by atoms with Gasteiger partial charge >= 0.3 is 0 Å². The van der Waals surface area contributed by atoms with Crippen LogP contribution in [0.2, 0.25) is 5.02 Å². The summed E-state index contributed by atoms with van der Waals surface area (Å²) in [5.41, 5.74) is 1.08. The summed E-state index contributed by atoms with van der Waals surface area (Å²) in [6.07, 6.45) is 3.85. The van der Waals surface area contributed by atoms with Gasteiger partial charge in [-0.2, -0.15) is 0 Å². The second-order valence-electron chi connectivity index (χ2n) is 6.39. The van der Waals surface area contributed by atoms with Crippen LogP contribution in [0.1, 0.15) is 31.2 Å². The number of amides is 2. The van der Waals surface area contributed by atoms with E-state index < -0.39 is 0 Å². The maximum absolute atomic E-state index is 12.4. The van der Waals surface area contributed by atoms with Gasteiger partial charge in [0.1, 0.15) is 0 Å². The Kier molecular flexibility index (Phi) is 4.50. The van der Waals surface area contributed by atoms with Crippen LogP contribution < -0.4 is 0 Å². The van der Waals surface area contributed by atoms with Crippen LogP contribution in [0.25, 0.3) is 0 Å². The Hall–Kier alpha value is -1.39. The smallest absolute Gasteiger partial charge is 0.234 e. The minimum absolute atomic E-state index is 0.0210. The molecule has 0 N–H and O–H groups in total. The molecule has 118 valence electrons. The normalized spacial score (nSPS) is 25.0. The number of fused-ring (bicyclic) bond motifs is 1. The number of hydrogen-bond acceptors (Lipinski definition) is 3. The average molecular weight is 321 g/mol. The molecule has 0 spiro atoms. The molecular formula is C17H21ClN2O2. The molecule has 1 aromatic carbocycles. The van der Waals surface area contributed by atoms with Gasteiger partial charge in [-0.15, -0.1) is 0 Å². The molecule has 1 aromatic rings. The van der Waals surface area contributed by atoms with E-state index in [0.29, 0.717) is 18.2 Å². The van der Waals surface area contributed by atoms with Crippen molar-refractivity contribution in [3.63, 3.8) is 0 Å². The molecule has 2 fully saturated rings. The molecule has 1 aliphatic heterocycles. The number of likely N-dealkylation sites (tertiary alicyclic amines) is 1. The highest BCUT2D eigenvalue weighted by atomic mass is 35.5. The SMILES string of the molecule is CN(Cc1cccc(Cl)c1)CN1C(=O)[C@H]2CCCC[C@H]2C1=O. The zero-order valence-electron chi connectivity index (χ0n) is 12.8. The van der Waals surface area contributed by atoms with E-state index in [4.69, 9.17) is 11.6 Å². The van der Waals surface area contributed by atoms with Crippen molar-refractivity contribution in [3.05, 3.63) is 34.9 Å². The molecule has 1 saturated carbocycles. The van der Waals surface area contributed by atoms with Crippen molar-refractivity contribution in [2.75, 3.05) is 13.7 Å². The first-order valence-electron chi connectivity index (χ1n) is 7.84. The van der Waals surface area contributed by atoms with Gasteiger partial charge in [0.15, 0.2) is 0 Å². The minimum atomic E-state index is -0.0687. The van der Waals surface area contributed by atoms with Crippen molar-refractivity contribution in [2.45, 2.75) is 32.2 Å². The summed E-state index contributed by atoms with van der Waals surface area (Å²) >= 11 is 5.99. The molecule has 1 saturated heterocycles. The van der Waals surface area contributed by atoms with Crippen LogP contribution in [-0.4, -0.2) is 35.3 Å². The van der Waals surface area contributed by atoms with E-state index in [-0.39, 0.29) is 23.7 Å². The molecule has 2 amide bonds. The number of carbonyl (C=O) groups excluding carboxylic acids is 2. The zero-order chi connectivity index (χ0) is 15.7. The molecule has 1 heterocycles. The second-order valence-corrected chi connectivity index (χ2v) is 6.82. The summed E-state index contributed by atoms with van der Waals surface area (Å²) in [4.78, 5) is 28.3. The van der Waals surface area contributed by atoms with Crippen LogP contribution in [0.15, 0.2) is 24.3 Å². The lowest BCUT2D eigenvalue weighted by molar-refractivity contribution is -0.142. The fourth-order valence-corrected chi connectivity index (χ4v) is 3.82. The molecule has 0 bridgehead atoms. The molecule has 3 rings (SSSR count). The van der Waals surface area contributed by atoms with Crippen LogP contribution >= 0.6 is 11.6 Å². The minimum Gasteiger partial charge on any atom is -0.284 e. The summed E-state index contributed by atoms with van der Waals surface area (Å²) < 4.78 is 0. The first-order chi connectivity index (χ1) is 10.6. The lowest BCUT2D eigenvalue weighted by Crippen LogP contribution is -2.40. The fourth-order valence-electron chi connectivity index (χ4n) is 3.61. The van der Waals surface area contributed by atoms with Crippen LogP contribution in [0.5, 0.6) is 0 Å². The summed E-state index contributed by atoms with van der Waals surface area (Å²) in [6.45, 7) is 1.02. The van der Waals surface area contributed by atoms with Crippen molar-refractivity contribution >= 4 is 23.4 Å². The molecular weight excluding hydrogens is 300 g/mol. The molecule has 0 unspecified atom stereocenters. The molecule has 22 heavy (non-hydrogen) atoms. The lowest BCUT2D eigenvalue weighted by Gasteiger charge is -2.23. The van der Waals surface area contributed by atoms with Crippen LogP contribution in [0.3, 0.4) is 0 Å². The number of carbonyl (C=O) groups is 2.